The van der Waals surface area contributed by atoms with E-state index in [0.717, 1.165) is 17.7 Å². The number of aromatic amines is 1. The quantitative estimate of drug-likeness (QED) is 0.164. The standard InChI is InChI=1S/C32H27F2N5O4/c1-17-26(38-18(2)28(17)32(42)43)15-23-21-9-7-19(14-27(21)39-31(23)41)5-3-11-35-29-22(6-4-12-36-29)30(40)37-16-20-8-10-24(33)25(34)13-20/h3-10,12-15,38H,11,16H2,1-2H3,(H,35,36)(H,37,40)(H,39,41)(H,42,43)/b5-3-,23-15?. The first-order chi connectivity index (χ1) is 20.6. The van der Waals surface area contributed by atoms with E-state index in [-0.39, 0.29) is 18.0 Å². The predicted molar refractivity (Wildman–Crippen MR) is 159 cm³/mol. The first-order valence-corrected chi connectivity index (χ1v) is 13.3. The van der Waals surface area contributed by atoms with Gasteiger partial charge in [0.15, 0.2) is 11.6 Å². The highest BCUT2D eigenvalue weighted by Gasteiger charge is 2.25. The van der Waals surface area contributed by atoms with Gasteiger partial charge < -0.3 is 26.0 Å². The minimum Gasteiger partial charge on any atom is -0.478 e. The van der Waals surface area contributed by atoms with Crippen LogP contribution in [0.4, 0.5) is 20.3 Å². The average Bonchev–Trinajstić information content (AvgIpc) is 3.44. The summed E-state index contributed by atoms with van der Waals surface area (Å²) in [5, 5.41) is 18.1. The van der Waals surface area contributed by atoms with Gasteiger partial charge in [-0.25, -0.2) is 18.6 Å². The van der Waals surface area contributed by atoms with E-state index in [4.69, 9.17) is 0 Å². The van der Waals surface area contributed by atoms with Crippen LogP contribution in [0.2, 0.25) is 0 Å². The number of hydrogen-bond donors (Lipinski definition) is 5. The third-order valence-corrected chi connectivity index (χ3v) is 6.99. The van der Waals surface area contributed by atoms with Crippen molar-refractivity contribution in [3.8, 4) is 0 Å². The van der Waals surface area contributed by atoms with Gasteiger partial charge in [-0.1, -0.05) is 30.4 Å². The molecule has 1 aliphatic rings. The van der Waals surface area contributed by atoms with Crippen molar-refractivity contribution >= 4 is 47.0 Å². The van der Waals surface area contributed by atoms with Gasteiger partial charge in [-0.3, -0.25) is 9.59 Å². The number of hydrogen-bond acceptors (Lipinski definition) is 5. The molecule has 3 heterocycles. The number of aryl methyl sites for hydroxylation is 1. The fourth-order valence-corrected chi connectivity index (χ4v) is 4.85. The normalized spacial score (nSPS) is 13.3. The van der Waals surface area contributed by atoms with E-state index in [2.05, 4.69) is 25.9 Å². The Morgan fingerprint density at radius 1 is 1.07 bits per heavy atom. The summed E-state index contributed by atoms with van der Waals surface area (Å²) in [6.45, 7) is 3.74. The van der Waals surface area contributed by atoms with Gasteiger partial charge in [0.2, 0.25) is 0 Å². The number of carbonyl (C=O) groups is 3. The molecular formula is C32H27F2N5O4. The minimum atomic E-state index is -1.03. The summed E-state index contributed by atoms with van der Waals surface area (Å²) < 4.78 is 26.6. The smallest absolute Gasteiger partial charge is 0.337 e. The van der Waals surface area contributed by atoms with Gasteiger partial charge in [0, 0.05) is 41.9 Å². The summed E-state index contributed by atoms with van der Waals surface area (Å²) in [5.41, 5.74) is 5.14. The highest BCUT2D eigenvalue weighted by Crippen LogP contribution is 2.35. The maximum atomic E-state index is 13.5. The highest BCUT2D eigenvalue weighted by molar-refractivity contribution is 6.35. The van der Waals surface area contributed by atoms with Crippen molar-refractivity contribution in [2.24, 2.45) is 0 Å². The number of pyridine rings is 1. The van der Waals surface area contributed by atoms with Gasteiger partial charge in [-0.05, 0) is 66.9 Å². The molecule has 0 fully saturated rings. The highest BCUT2D eigenvalue weighted by atomic mass is 19.2. The second-order valence-corrected chi connectivity index (χ2v) is 9.90. The van der Waals surface area contributed by atoms with Crippen molar-refractivity contribution in [1.82, 2.24) is 15.3 Å². The first-order valence-electron chi connectivity index (χ1n) is 13.3. The lowest BCUT2D eigenvalue weighted by atomic mass is 10.0. The van der Waals surface area contributed by atoms with Crippen molar-refractivity contribution in [2.75, 3.05) is 17.2 Å². The zero-order valence-corrected chi connectivity index (χ0v) is 23.2. The largest absolute Gasteiger partial charge is 0.478 e. The van der Waals surface area contributed by atoms with Crippen molar-refractivity contribution < 1.29 is 28.3 Å². The van der Waals surface area contributed by atoms with Crippen LogP contribution in [0.15, 0.2) is 60.8 Å². The summed E-state index contributed by atoms with van der Waals surface area (Å²) in [6, 6.07) is 12.2. The molecule has 4 aromatic rings. The molecule has 2 amide bonds. The van der Waals surface area contributed by atoms with Crippen LogP contribution in [-0.4, -0.2) is 39.4 Å². The summed E-state index contributed by atoms with van der Waals surface area (Å²) in [7, 11) is 0. The van der Waals surface area contributed by atoms with Gasteiger partial charge in [0.05, 0.1) is 16.7 Å². The third kappa shape index (κ3) is 6.20. The Balaban J connectivity index is 1.23. The van der Waals surface area contributed by atoms with E-state index in [0.29, 0.717) is 57.3 Å². The minimum absolute atomic E-state index is 0.0175. The van der Waals surface area contributed by atoms with Crippen LogP contribution in [0.25, 0.3) is 17.7 Å². The van der Waals surface area contributed by atoms with Crippen LogP contribution >= 0.6 is 0 Å². The van der Waals surface area contributed by atoms with E-state index in [9.17, 15) is 28.3 Å². The van der Waals surface area contributed by atoms with E-state index in [1.807, 2.05) is 30.4 Å². The zero-order chi connectivity index (χ0) is 30.7. The van der Waals surface area contributed by atoms with E-state index in [1.165, 1.54) is 6.07 Å². The Bertz CT molecular complexity index is 1830. The molecule has 218 valence electrons. The number of nitrogens with zero attached hydrogens (tertiary/aromatic N) is 1. The molecule has 2 aromatic carbocycles. The average molecular weight is 584 g/mol. The molecule has 0 saturated heterocycles. The van der Waals surface area contributed by atoms with Crippen molar-refractivity contribution in [2.45, 2.75) is 20.4 Å². The zero-order valence-electron chi connectivity index (χ0n) is 23.2. The number of halogens is 2. The predicted octanol–water partition coefficient (Wildman–Crippen LogP) is 5.55. The Hall–Kier alpha value is -5.58. The number of aromatic carboxylic acids is 1. The molecular weight excluding hydrogens is 556 g/mol. The van der Waals surface area contributed by atoms with Gasteiger partial charge in [0.1, 0.15) is 5.82 Å². The molecule has 0 saturated carbocycles. The number of carbonyl (C=O) groups excluding carboxylic acids is 2. The molecule has 0 spiro atoms. The Kier molecular flexibility index (Phi) is 8.15. The number of anilines is 2. The fraction of sp³-hybridized carbons (Fsp3) is 0.125. The number of fused-ring (bicyclic) bond motifs is 1. The molecule has 11 heteroatoms. The Labute approximate surface area is 245 Å². The van der Waals surface area contributed by atoms with Gasteiger partial charge in [-0.15, -0.1) is 0 Å². The SMILES string of the molecule is Cc1[nH]c(C=C2C(=O)Nc3cc(/C=C\CNc4ncccc4C(=O)NCc4ccc(F)c(F)c4)ccc32)c(C)c1C(=O)O. The molecule has 0 radical (unpaired) electrons. The summed E-state index contributed by atoms with van der Waals surface area (Å²) in [5.74, 6) is -3.32. The maximum Gasteiger partial charge on any atom is 0.337 e. The van der Waals surface area contributed by atoms with Crippen molar-refractivity contribution in [3.05, 3.63) is 117 Å². The number of amides is 2. The van der Waals surface area contributed by atoms with Crippen LogP contribution in [-0.2, 0) is 11.3 Å². The van der Waals surface area contributed by atoms with E-state index < -0.39 is 23.5 Å². The van der Waals surface area contributed by atoms with Crippen LogP contribution in [0.3, 0.4) is 0 Å². The second kappa shape index (κ2) is 12.1. The monoisotopic (exact) mass is 583 g/mol. The number of aromatic nitrogens is 2. The number of carboxylic acid groups (broad SMARTS) is 1. The van der Waals surface area contributed by atoms with Crippen LogP contribution in [0.5, 0.6) is 0 Å². The van der Waals surface area contributed by atoms with Crippen LogP contribution in [0, 0.1) is 25.5 Å². The maximum absolute atomic E-state index is 13.5. The van der Waals surface area contributed by atoms with E-state index in [1.54, 1.807) is 38.3 Å². The molecule has 1 aliphatic heterocycles. The Morgan fingerprint density at radius 3 is 2.63 bits per heavy atom. The summed E-state index contributed by atoms with van der Waals surface area (Å²) in [6.07, 6.45) is 6.90. The topological polar surface area (TPSA) is 136 Å². The Morgan fingerprint density at radius 2 is 1.88 bits per heavy atom. The van der Waals surface area contributed by atoms with Gasteiger partial charge in [-0.2, -0.15) is 0 Å². The lowest BCUT2D eigenvalue weighted by molar-refractivity contribution is -0.110. The number of nitrogens with one attached hydrogen (secondary N) is 4. The van der Waals surface area contributed by atoms with Crippen molar-refractivity contribution in [3.63, 3.8) is 0 Å². The van der Waals surface area contributed by atoms with Gasteiger partial charge >= 0.3 is 5.97 Å². The summed E-state index contributed by atoms with van der Waals surface area (Å²) >= 11 is 0. The molecule has 5 N–H and O–H groups in total. The number of H-pyrrole nitrogens is 1. The lowest BCUT2D eigenvalue weighted by Crippen LogP contribution is -2.24. The number of benzene rings is 2. The molecule has 43 heavy (non-hydrogen) atoms. The fourth-order valence-electron chi connectivity index (χ4n) is 4.85. The third-order valence-electron chi connectivity index (χ3n) is 6.99. The molecule has 5 rings (SSSR count). The molecule has 0 bridgehead atoms. The van der Waals surface area contributed by atoms with Crippen molar-refractivity contribution in [1.29, 1.82) is 0 Å². The molecule has 0 aliphatic carbocycles. The second-order valence-electron chi connectivity index (χ2n) is 9.90. The van der Waals surface area contributed by atoms with Crippen LogP contribution < -0.4 is 16.0 Å². The van der Waals surface area contributed by atoms with Gasteiger partial charge in [0.25, 0.3) is 11.8 Å². The first kappa shape index (κ1) is 28.9. The number of rotatable bonds is 9. The number of carboxylic acids is 1. The summed E-state index contributed by atoms with van der Waals surface area (Å²) in [4.78, 5) is 44.3. The van der Waals surface area contributed by atoms with Crippen LogP contribution in [0.1, 0.15) is 54.4 Å². The lowest BCUT2D eigenvalue weighted by Gasteiger charge is -2.10. The molecule has 2 aromatic heterocycles. The van der Waals surface area contributed by atoms with E-state index >= 15 is 0 Å². The molecule has 0 atom stereocenters. The molecule has 9 nitrogen and oxygen atoms in total. The molecule has 0 unspecified atom stereocenters.